The van der Waals surface area contributed by atoms with Crippen LogP contribution in [0.2, 0.25) is 0 Å². The van der Waals surface area contributed by atoms with Gasteiger partial charge in [0.2, 0.25) is 0 Å². The van der Waals surface area contributed by atoms with Crippen molar-refractivity contribution in [1.29, 1.82) is 0 Å². The molecule has 0 aromatic heterocycles. The topological polar surface area (TPSA) is 77.4 Å². The molecule has 1 N–H and O–H groups in total. The van der Waals surface area contributed by atoms with Crippen molar-refractivity contribution >= 4 is 37.2 Å². The second kappa shape index (κ2) is 5.96. The Labute approximate surface area is 89.7 Å². The Hall–Kier alpha value is 0.380. The van der Waals surface area contributed by atoms with E-state index in [1.165, 1.54) is 0 Å². The molecule has 0 bridgehead atoms. The number of carbonyl (C=O) groups is 2. The quantitative estimate of drug-likeness (QED) is 0.433. The first-order valence-electron chi connectivity index (χ1n) is 2.26. The van der Waals surface area contributed by atoms with Crippen LogP contribution in [0, 0.1) is 0 Å². The fraction of sp³-hybridized carbons (Fsp3) is 0.500. The molecule has 0 aromatic rings. The van der Waals surface area contributed by atoms with Crippen LogP contribution in [0.25, 0.3) is 0 Å². The fourth-order valence-electron chi connectivity index (χ4n) is 0.264. The Morgan fingerprint density at radius 1 is 1.27 bits per heavy atom. The van der Waals surface area contributed by atoms with Crippen molar-refractivity contribution in [3.05, 3.63) is 0 Å². The monoisotopic (exact) mass is 288 g/mol. The molecule has 0 spiro atoms. The molecule has 0 radical (unpaired) electrons. The maximum absolute atomic E-state index is 10.0. The zero-order valence-electron chi connectivity index (χ0n) is 5.02. The first-order valence-corrected chi connectivity index (χ1v) is 3.30. The second-order valence-corrected chi connectivity index (χ2v) is 2.66. The van der Waals surface area contributed by atoms with Crippen molar-refractivity contribution in [2.24, 2.45) is 0 Å². The molecule has 0 aliphatic carbocycles. The van der Waals surface area contributed by atoms with Crippen molar-refractivity contribution in [1.82, 2.24) is 0 Å². The largest absolute Gasteiger partial charge is 1.00 e. The van der Waals surface area contributed by atoms with E-state index in [0.717, 1.165) is 0 Å². The molecule has 0 saturated heterocycles. The molecule has 0 amide bonds. The molecule has 0 saturated carbocycles. The van der Waals surface area contributed by atoms with Gasteiger partial charge in [-0.25, -0.2) is 0 Å². The Morgan fingerprint density at radius 3 is 1.73 bits per heavy atom. The van der Waals surface area contributed by atoms with Crippen LogP contribution in [-0.4, -0.2) is 27.5 Å². The number of carboxylic acid groups (broad SMARTS) is 2. The number of carbonyl (C=O) groups excluding carboxylic acids is 1. The molecule has 0 aromatic carbocycles. The second-order valence-electron chi connectivity index (χ2n) is 1.55. The SMILES string of the molecule is O=C([O-])C(S)C(S)C(=O)O.[Ag+]. The molecule has 2 atom stereocenters. The van der Waals surface area contributed by atoms with Gasteiger partial charge in [0.1, 0.15) is 5.25 Å². The van der Waals surface area contributed by atoms with E-state index in [4.69, 9.17) is 5.11 Å². The average Bonchev–Trinajstić information content (AvgIpc) is 1.84. The van der Waals surface area contributed by atoms with Crippen molar-refractivity contribution in [2.45, 2.75) is 10.5 Å². The molecule has 0 rings (SSSR count). The van der Waals surface area contributed by atoms with Gasteiger partial charge in [-0.1, -0.05) is 0 Å². The fourth-order valence-corrected chi connectivity index (χ4v) is 0.513. The summed E-state index contributed by atoms with van der Waals surface area (Å²) in [6.45, 7) is 0. The Bertz CT molecular complexity index is 144. The first-order chi connectivity index (χ1) is 4.46. The first kappa shape index (κ1) is 13.9. The zero-order chi connectivity index (χ0) is 8.31. The van der Waals surface area contributed by atoms with Gasteiger partial charge in [0.05, 0.1) is 11.2 Å². The van der Waals surface area contributed by atoms with Crippen LogP contribution in [0.4, 0.5) is 0 Å². The van der Waals surface area contributed by atoms with Crippen LogP contribution >= 0.6 is 25.3 Å². The summed E-state index contributed by atoms with van der Waals surface area (Å²) in [5.41, 5.74) is 0. The van der Waals surface area contributed by atoms with E-state index in [0.29, 0.717) is 0 Å². The van der Waals surface area contributed by atoms with Crippen molar-refractivity contribution < 1.29 is 42.2 Å². The van der Waals surface area contributed by atoms with Gasteiger partial charge >= 0.3 is 28.3 Å². The minimum atomic E-state index is -1.54. The van der Waals surface area contributed by atoms with Crippen LogP contribution in [0.15, 0.2) is 0 Å². The third kappa shape index (κ3) is 4.76. The normalized spacial score (nSPS) is 14.4. The maximum atomic E-state index is 10.0. The van der Waals surface area contributed by atoms with E-state index in [9.17, 15) is 14.7 Å². The summed E-state index contributed by atoms with van der Waals surface area (Å²) < 4.78 is 0. The molecule has 7 heteroatoms. The van der Waals surface area contributed by atoms with Crippen LogP contribution in [0.1, 0.15) is 0 Å². The minimum Gasteiger partial charge on any atom is -0.549 e. The summed E-state index contributed by atoms with van der Waals surface area (Å²) in [6.07, 6.45) is 0. The van der Waals surface area contributed by atoms with Crippen LogP contribution in [0.3, 0.4) is 0 Å². The number of thiol groups is 2. The molecule has 4 nitrogen and oxygen atoms in total. The molecule has 11 heavy (non-hydrogen) atoms. The molecular formula is C4H5AgO4S2. The van der Waals surface area contributed by atoms with E-state index >= 15 is 0 Å². The van der Waals surface area contributed by atoms with Crippen LogP contribution in [0.5, 0.6) is 0 Å². The summed E-state index contributed by atoms with van der Waals surface area (Å²) >= 11 is 6.90. The van der Waals surface area contributed by atoms with Crippen molar-refractivity contribution in [2.75, 3.05) is 0 Å². The number of carboxylic acids is 2. The van der Waals surface area contributed by atoms with E-state index in [-0.39, 0.29) is 22.4 Å². The molecule has 0 heterocycles. The number of hydrogen-bond donors (Lipinski definition) is 3. The number of hydrogen-bond acceptors (Lipinski definition) is 5. The molecule has 0 fully saturated rings. The van der Waals surface area contributed by atoms with Gasteiger partial charge in [-0.05, 0) is 0 Å². The van der Waals surface area contributed by atoms with E-state index < -0.39 is 22.4 Å². The van der Waals surface area contributed by atoms with Gasteiger partial charge < -0.3 is 15.0 Å². The number of aliphatic carboxylic acids is 2. The maximum Gasteiger partial charge on any atom is 1.00 e. The molecule has 0 aliphatic rings. The molecule has 2 unspecified atom stereocenters. The van der Waals surface area contributed by atoms with Gasteiger partial charge in [-0.2, -0.15) is 25.3 Å². The van der Waals surface area contributed by atoms with E-state index in [2.05, 4.69) is 25.3 Å². The van der Waals surface area contributed by atoms with Crippen LogP contribution in [-0.2, 0) is 32.0 Å². The average molecular weight is 289 g/mol. The summed E-state index contributed by atoms with van der Waals surface area (Å²) in [6, 6.07) is 0. The van der Waals surface area contributed by atoms with Gasteiger partial charge in [0.25, 0.3) is 0 Å². The van der Waals surface area contributed by atoms with Gasteiger partial charge in [0, 0.05) is 0 Å². The Morgan fingerprint density at radius 2 is 1.64 bits per heavy atom. The summed E-state index contributed by atoms with van der Waals surface area (Å²) in [5.74, 6) is -2.86. The van der Waals surface area contributed by atoms with E-state index in [1.807, 2.05) is 0 Å². The minimum absolute atomic E-state index is 0. The molecule has 68 valence electrons. The van der Waals surface area contributed by atoms with Gasteiger partial charge in [0.15, 0.2) is 0 Å². The summed E-state index contributed by atoms with van der Waals surface area (Å²) in [5, 5.41) is 15.4. The standard InChI is InChI=1S/C4H6O4S2.Ag/c5-3(6)1(9)2(10)4(7)8;/h1-2,9-10H,(H,5,6)(H,7,8);/q;+1/p-1. The zero-order valence-corrected chi connectivity index (χ0v) is 8.29. The summed E-state index contributed by atoms with van der Waals surface area (Å²) in [7, 11) is 0. The van der Waals surface area contributed by atoms with Gasteiger partial charge in [-0.3, -0.25) is 4.79 Å². The third-order valence-corrected chi connectivity index (χ3v) is 2.06. The van der Waals surface area contributed by atoms with Crippen LogP contribution < -0.4 is 5.11 Å². The molecular weight excluding hydrogens is 284 g/mol. The van der Waals surface area contributed by atoms with Gasteiger partial charge in [-0.15, -0.1) is 0 Å². The summed E-state index contributed by atoms with van der Waals surface area (Å²) in [4.78, 5) is 20.0. The van der Waals surface area contributed by atoms with Crippen molar-refractivity contribution in [3.63, 3.8) is 0 Å². The van der Waals surface area contributed by atoms with Crippen molar-refractivity contribution in [3.8, 4) is 0 Å². The van der Waals surface area contributed by atoms with E-state index in [1.54, 1.807) is 0 Å². The smallest absolute Gasteiger partial charge is 0.549 e. The third-order valence-electron chi connectivity index (χ3n) is 0.794. The predicted octanol–water partition coefficient (Wildman–Crippen LogP) is -1.58. The molecule has 0 aliphatic heterocycles. The number of rotatable bonds is 3. The predicted molar refractivity (Wildman–Crippen MR) is 38.2 cm³/mol. The Balaban J connectivity index is 0. The Kier molecular flexibility index (Phi) is 7.55.